The largest absolute Gasteiger partial charge is 0.387 e. The van der Waals surface area contributed by atoms with Gasteiger partial charge in [-0.2, -0.15) is 5.26 Å². The molecule has 0 bridgehead atoms. The second-order valence-electron chi connectivity index (χ2n) is 6.68. The van der Waals surface area contributed by atoms with Crippen molar-refractivity contribution < 1.29 is 9.53 Å². The Hall–Kier alpha value is -2.36. The highest BCUT2D eigenvalue weighted by molar-refractivity contribution is 5.97. The Morgan fingerprint density at radius 3 is 2.74 bits per heavy atom. The van der Waals surface area contributed by atoms with Crippen molar-refractivity contribution in [2.75, 3.05) is 32.8 Å². The van der Waals surface area contributed by atoms with Gasteiger partial charge in [-0.25, -0.2) is 0 Å². The number of likely N-dealkylation sites (tertiary alicyclic amines) is 1. The van der Waals surface area contributed by atoms with Crippen molar-refractivity contribution in [3.63, 3.8) is 0 Å². The molecule has 0 aliphatic carbocycles. The third-order valence-corrected chi connectivity index (χ3v) is 4.62. The number of rotatable bonds is 10. The summed E-state index contributed by atoms with van der Waals surface area (Å²) in [5.74, 6) is -0.331. The Bertz CT molecular complexity index is 631. The Morgan fingerprint density at radius 1 is 1.33 bits per heavy atom. The van der Waals surface area contributed by atoms with Gasteiger partial charge in [-0.15, -0.1) is 0 Å². The number of ether oxygens (including phenoxy) is 1. The topological polar surface area (TPSA) is 77.4 Å². The third-order valence-electron chi connectivity index (χ3n) is 4.62. The van der Waals surface area contributed by atoms with Gasteiger partial charge in [0.05, 0.1) is 0 Å². The molecule has 1 aliphatic heterocycles. The lowest BCUT2D eigenvalue weighted by Gasteiger charge is -2.32. The van der Waals surface area contributed by atoms with Crippen LogP contribution in [0.2, 0.25) is 0 Å². The molecule has 1 saturated heterocycles. The van der Waals surface area contributed by atoms with Gasteiger partial charge in [-0.05, 0) is 31.7 Å². The summed E-state index contributed by atoms with van der Waals surface area (Å²) < 4.78 is 5.23. The van der Waals surface area contributed by atoms with Gasteiger partial charge in [0.1, 0.15) is 11.6 Å². The van der Waals surface area contributed by atoms with E-state index in [0.717, 1.165) is 38.9 Å². The van der Waals surface area contributed by atoms with Crippen LogP contribution in [0.25, 0.3) is 0 Å². The van der Waals surface area contributed by atoms with Gasteiger partial charge in [0.2, 0.25) is 0 Å². The minimum atomic E-state index is -0.331. The van der Waals surface area contributed by atoms with E-state index in [1.807, 2.05) is 19.1 Å². The van der Waals surface area contributed by atoms with Crippen LogP contribution < -0.4 is 10.6 Å². The van der Waals surface area contributed by atoms with Crippen molar-refractivity contribution in [2.24, 2.45) is 0 Å². The molecular formula is C21H30N4O2. The fourth-order valence-corrected chi connectivity index (χ4v) is 3.06. The number of benzene rings is 1. The first-order valence-electron chi connectivity index (χ1n) is 9.71. The molecule has 1 aliphatic rings. The van der Waals surface area contributed by atoms with Crippen LogP contribution in [0.15, 0.2) is 42.1 Å². The second kappa shape index (κ2) is 12.1. The predicted molar refractivity (Wildman–Crippen MR) is 106 cm³/mol. The summed E-state index contributed by atoms with van der Waals surface area (Å²) in [5, 5.41) is 15.2. The van der Waals surface area contributed by atoms with Crippen LogP contribution in [0, 0.1) is 11.3 Å². The molecule has 0 unspecified atom stereocenters. The summed E-state index contributed by atoms with van der Waals surface area (Å²) in [5.41, 5.74) is 1.45. The highest BCUT2D eigenvalue weighted by Crippen LogP contribution is 2.14. The highest BCUT2D eigenvalue weighted by atomic mass is 16.5. The van der Waals surface area contributed by atoms with Gasteiger partial charge in [0.25, 0.3) is 5.91 Å². The van der Waals surface area contributed by atoms with Crippen LogP contribution in [0.4, 0.5) is 0 Å². The number of amides is 1. The number of carbonyl (C=O) groups is 1. The number of nitriles is 1. The fraction of sp³-hybridized carbons (Fsp3) is 0.524. The van der Waals surface area contributed by atoms with Gasteiger partial charge in [0.15, 0.2) is 0 Å². The molecule has 27 heavy (non-hydrogen) atoms. The summed E-state index contributed by atoms with van der Waals surface area (Å²) >= 11 is 0. The smallest absolute Gasteiger partial charge is 0.263 e. The monoisotopic (exact) mass is 370 g/mol. The van der Waals surface area contributed by atoms with Crippen molar-refractivity contribution in [1.82, 2.24) is 15.5 Å². The van der Waals surface area contributed by atoms with Crippen LogP contribution in [-0.2, 0) is 16.1 Å². The third kappa shape index (κ3) is 7.81. The fourth-order valence-electron chi connectivity index (χ4n) is 3.06. The number of piperidine rings is 1. The molecule has 1 heterocycles. The number of nitrogens with one attached hydrogen (secondary N) is 2. The Kier molecular flexibility index (Phi) is 9.39. The van der Waals surface area contributed by atoms with Gasteiger partial charge >= 0.3 is 0 Å². The molecule has 0 aromatic heterocycles. The average Bonchev–Trinajstić information content (AvgIpc) is 2.70. The molecule has 1 aromatic rings. The lowest BCUT2D eigenvalue weighted by atomic mass is 10.0. The van der Waals surface area contributed by atoms with E-state index in [1.165, 1.54) is 5.56 Å². The van der Waals surface area contributed by atoms with Crippen LogP contribution in [-0.4, -0.2) is 49.7 Å². The van der Waals surface area contributed by atoms with Crippen LogP contribution >= 0.6 is 0 Å². The first-order valence-corrected chi connectivity index (χ1v) is 9.71. The first-order chi connectivity index (χ1) is 13.2. The molecule has 146 valence electrons. The Balaban J connectivity index is 1.70. The normalized spacial score (nSPS) is 15.9. The van der Waals surface area contributed by atoms with Gasteiger partial charge in [-0.3, -0.25) is 9.69 Å². The lowest BCUT2D eigenvalue weighted by molar-refractivity contribution is -0.117. The van der Waals surface area contributed by atoms with E-state index < -0.39 is 0 Å². The van der Waals surface area contributed by atoms with Crippen LogP contribution in [0.1, 0.15) is 31.7 Å². The molecule has 2 rings (SSSR count). The molecule has 0 radical (unpaired) electrons. The molecule has 2 N–H and O–H groups in total. The first kappa shape index (κ1) is 20.9. The molecule has 6 nitrogen and oxygen atoms in total. The van der Waals surface area contributed by atoms with Gasteiger partial charge in [0, 0.05) is 51.6 Å². The molecule has 6 heteroatoms. The minimum absolute atomic E-state index is 0.123. The van der Waals surface area contributed by atoms with Gasteiger partial charge in [-0.1, -0.05) is 30.3 Å². The maximum absolute atomic E-state index is 12.0. The molecule has 1 fully saturated rings. The zero-order valence-corrected chi connectivity index (χ0v) is 16.1. The lowest BCUT2D eigenvalue weighted by Crippen LogP contribution is -2.40. The summed E-state index contributed by atoms with van der Waals surface area (Å²) in [7, 11) is 0. The summed E-state index contributed by atoms with van der Waals surface area (Å²) in [4.78, 5) is 14.5. The molecule has 1 aromatic carbocycles. The van der Waals surface area contributed by atoms with Crippen LogP contribution in [0.3, 0.4) is 0 Å². The van der Waals surface area contributed by atoms with Crippen molar-refractivity contribution in [1.29, 1.82) is 5.26 Å². The molecule has 0 saturated carbocycles. The van der Waals surface area contributed by atoms with Crippen molar-refractivity contribution in [2.45, 2.75) is 38.8 Å². The molecule has 0 atom stereocenters. The predicted octanol–water partition coefficient (Wildman–Crippen LogP) is 2.19. The molecule has 0 spiro atoms. The number of nitrogens with zero attached hydrogens (tertiary/aromatic N) is 2. The Labute approximate surface area is 162 Å². The Morgan fingerprint density at radius 2 is 2.07 bits per heavy atom. The van der Waals surface area contributed by atoms with Crippen molar-refractivity contribution in [3.05, 3.63) is 47.7 Å². The number of hydrogen-bond acceptors (Lipinski definition) is 5. The zero-order chi connectivity index (χ0) is 19.3. The maximum atomic E-state index is 12.0. The van der Waals surface area contributed by atoms with E-state index in [2.05, 4.69) is 39.8 Å². The van der Waals surface area contributed by atoms with E-state index >= 15 is 0 Å². The number of carbonyl (C=O) groups excluding carboxylic acids is 1. The van der Waals surface area contributed by atoms with E-state index in [4.69, 9.17) is 4.74 Å². The van der Waals surface area contributed by atoms with Crippen molar-refractivity contribution in [3.8, 4) is 6.07 Å². The molecular weight excluding hydrogens is 340 g/mol. The summed E-state index contributed by atoms with van der Waals surface area (Å²) in [6, 6.07) is 12.8. The zero-order valence-electron chi connectivity index (χ0n) is 16.1. The van der Waals surface area contributed by atoms with Crippen LogP contribution in [0.5, 0.6) is 0 Å². The highest BCUT2D eigenvalue weighted by Gasteiger charge is 2.19. The maximum Gasteiger partial charge on any atom is 0.263 e. The van der Waals surface area contributed by atoms with E-state index in [9.17, 15) is 10.1 Å². The summed E-state index contributed by atoms with van der Waals surface area (Å²) in [6.45, 7) is 6.71. The summed E-state index contributed by atoms with van der Waals surface area (Å²) in [6.07, 6.45) is 4.30. The second-order valence-corrected chi connectivity index (χ2v) is 6.68. The minimum Gasteiger partial charge on any atom is -0.387 e. The van der Waals surface area contributed by atoms with E-state index in [1.54, 1.807) is 6.20 Å². The SMILES string of the molecule is CCOCCCNC(=O)/C(C#N)=C\NC1CCN(Cc2ccccc2)CC1. The molecule has 1 amide bonds. The van der Waals surface area contributed by atoms with Gasteiger partial charge < -0.3 is 15.4 Å². The standard InChI is InChI=1S/C21H30N4O2/c1-2-27-14-6-11-23-21(26)19(15-22)16-24-20-9-12-25(13-10-20)17-18-7-4-3-5-8-18/h3-5,7-8,16,20,24H,2,6,9-14,17H2,1H3,(H,23,26)/b19-16-. The van der Waals surface area contributed by atoms with Crippen molar-refractivity contribution >= 4 is 5.91 Å². The van der Waals surface area contributed by atoms with E-state index in [-0.39, 0.29) is 11.5 Å². The van der Waals surface area contributed by atoms with E-state index in [0.29, 0.717) is 25.8 Å². The quantitative estimate of drug-likeness (QED) is 0.375. The average molecular weight is 370 g/mol. The number of hydrogen-bond donors (Lipinski definition) is 2.